The van der Waals surface area contributed by atoms with Gasteiger partial charge in [0.05, 0.1) is 6.61 Å². The third-order valence-corrected chi connectivity index (χ3v) is 4.36. The van der Waals surface area contributed by atoms with Crippen LogP contribution in [0.15, 0.2) is 17.5 Å². The van der Waals surface area contributed by atoms with Crippen LogP contribution >= 0.6 is 45.5 Å². The Bertz CT molecular complexity index is 452. The molecule has 0 unspecified atom stereocenters. The van der Waals surface area contributed by atoms with Crippen molar-refractivity contribution >= 4 is 55.6 Å². The van der Waals surface area contributed by atoms with E-state index in [0.29, 0.717) is 0 Å². The van der Waals surface area contributed by atoms with Crippen molar-refractivity contribution in [1.29, 1.82) is 0 Å². The van der Waals surface area contributed by atoms with Crippen LogP contribution in [0.25, 0.3) is 10.1 Å². The third kappa shape index (κ3) is 1.70. The summed E-state index contributed by atoms with van der Waals surface area (Å²) >= 11 is 9.83. The second-order valence-electron chi connectivity index (χ2n) is 2.68. The molecule has 0 spiro atoms. The number of hydrogen-bond acceptors (Lipinski definition) is 2. The summed E-state index contributed by atoms with van der Waals surface area (Å²) in [6.07, 6.45) is 0. The molecule has 1 nitrogen and oxygen atoms in total. The van der Waals surface area contributed by atoms with Crippen molar-refractivity contribution in [3.8, 4) is 0 Å². The highest BCUT2D eigenvalue weighted by Gasteiger charge is 2.07. The zero-order valence-corrected chi connectivity index (χ0v) is 10.3. The first-order chi connectivity index (χ1) is 6.22. The van der Waals surface area contributed by atoms with Gasteiger partial charge in [-0.2, -0.15) is 0 Å². The number of aliphatic hydroxyl groups excluding tert-OH is 1. The number of aliphatic hydroxyl groups is 1. The first-order valence-electron chi connectivity index (χ1n) is 3.68. The molecule has 1 heterocycles. The van der Waals surface area contributed by atoms with E-state index >= 15 is 0 Å². The highest BCUT2D eigenvalue weighted by molar-refractivity contribution is 14.1. The van der Waals surface area contributed by atoms with Gasteiger partial charge in [0.25, 0.3) is 0 Å². The molecular weight excluding hydrogens is 319 g/mol. The van der Waals surface area contributed by atoms with Crippen LogP contribution in [0.1, 0.15) is 5.56 Å². The topological polar surface area (TPSA) is 20.2 Å². The van der Waals surface area contributed by atoms with Crippen LogP contribution in [-0.4, -0.2) is 5.11 Å². The monoisotopic (exact) mass is 324 g/mol. The molecule has 0 fully saturated rings. The van der Waals surface area contributed by atoms with E-state index in [-0.39, 0.29) is 6.61 Å². The Morgan fingerprint density at radius 1 is 1.46 bits per heavy atom. The van der Waals surface area contributed by atoms with Gasteiger partial charge in [0.2, 0.25) is 0 Å². The minimum atomic E-state index is 0.0798. The zero-order chi connectivity index (χ0) is 9.42. The maximum atomic E-state index is 9.07. The summed E-state index contributed by atoms with van der Waals surface area (Å²) in [6.45, 7) is 0.0798. The zero-order valence-electron chi connectivity index (χ0n) is 6.55. The number of benzene rings is 1. The highest BCUT2D eigenvalue weighted by atomic mass is 127. The molecule has 0 aliphatic carbocycles. The van der Waals surface area contributed by atoms with Crippen molar-refractivity contribution in [2.75, 3.05) is 0 Å². The largest absolute Gasteiger partial charge is 0.392 e. The van der Waals surface area contributed by atoms with E-state index in [1.54, 1.807) is 11.3 Å². The number of fused-ring (bicyclic) bond motifs is 1. The summed E-state index contributed by atoms with van der Waals surface area (Å²) in [5, 5.41) is 12.8. The molecule has 1 N–H and O–H groups in total. The van der Waals surface area contributed by atoms with Crippen molar-refractivity contribution < 1.29 is 5.11 Å². The lowest BCUT2D eigenvalue weighted by atomic mass is 10.2. The van der Waals surface area contributed by atoms with Crippen molar-refractivity contribution in [3.05, 3.63) is 31.7 Å². The van der Waals surface area contributed by atoms with Gasteiger partial charge in [-0.05, 0) is 45.7 Å². The fourth-order valence-corrected chi connectivity index (χ4v) is 3.59. The number of rotatable bonds is 1. The predicted molar refractivity (Wildman–Crippen MR) is 65.5 cm³/mol. The highest BCUT2D eigenvalue weighted by Crippen LogP contribution is 2.32. The van der Waals surface area contributed by atoms with E-state index in [2.05, 4.69) is 22.6 Å². The fourth-order valence-electron chi connectivity index (χ4n) is 1.23. The van der Waals surface area contributed by atoms with Gasteiger partial charge >= 0.3 is 0 Å². The molecule has 0 bridgehead atoms. The average molecular weight is 325 g/mol. The molecule has 0 radical (unpaired) electrons. The van der Waals surface area contributed by atoms with E-state index < -0.39 is 0 Å². The summed E-state index contributed by atoms with van der Waals surface area (Å²) in [6, 6.07) is 3.84. The molecule has 0 saturated carbocycles. The van der Waals surface area contributed by atoms with Crippen LogP contribution in [0.5, 0.6) is 0 Å². The Balaban J connectivity index is 2.82. The van der Waals surface area contributed by atoms with Gasteiger partial charge in [0, 0.05) is 18.7 Å². The smallest absolute Gasteiger partial charge is 0.0696 e. The summed E-state index contributed by atoms with van der Waals surface area (Å²) in [5.41, 5.74) is 0.959. The van der Waals surface area contributed by atoms with Crippen molar-refractivity contribution in [3.63, 3.8) is 0 Å². The van der Waals surface area contributed by atoms with Gasteiger partial charge in [-0.25, -0.2) is 0 Å². The minimum Gasteiger partial charge on any atom is -0.392 e. The Labute approximate surface area is 98.5 Å². The SMILES string of the molecule is OCc1csc2c(I)cc(Cl)cc12. The van der Waals surface area contributed by atoms with Gasteiger partial charge in [-0.15, -0.1) is 11.3 Å². The van der Waals surface area contributed by atoms with E-state index in [1.807, 2.05) is 17.5 Å². The second kappa shape index (κ2) is 3.73. The molecule has 13 heavy (non-hydrogen) atoms. The molecule has 68 valence electrons. The molecular formula is C9H6ClIOS. The number of halogens is 2. The fraction of sp³-hybridized carbons (Fsp3) is 0.111. The quantitative estimate of drug-likeness (QED) is 0.794. The molecule has 0 amide bonds. The molecule has 0 aliphatic rings. The van der Waals surface area contributed by atoms with Crippen LogP contribution in [0.3, 0.4) is 0 Å². The van der Waals surface area contributed by atoms with Gasteiger partial charge < -0.3 is 5.11 Å². The first-order valence-corrected chi connectivity index (χ1v) is 6.02. The lowest BCUT2D eigenvalue weighted by molar-refractivity contribution is 0.284. The molecule has 2 aromatic rings. The van der Waals surface area contributed by atoms with Crippen molar-refractivity contribution in [2.45, 2.75) is 6.61 Å². The van der Waals surface area contributed by atoms with Crippen LogP contribution in [0.4, 0.5) is 0 Å². The summed E-state index contributed by atoms with van der Waals surface area (Å²) in [7, 11) is 0. The minimum absolute atomic E-state index is 0.0798. The van der Waals surface area contributed by atoms with E-state index in [4.69, 9.17) is 16.7 Å². The Kier molecular flexibility index (Phi) is 2.78. The lowest BCUT2D eigenvalue weighted by Crippen LogP contribution is -1.80. The molecule has 1 aromatic carbocycles. The van der Waals surface area contributed by atoms with Gasteiger partial charge in [0.1, 0.15) is 0 Å². The molecule has 1 aromatic heterocycles. The van der Waals surface area contributed by atoms with E-state index in [9.17, 15) is 0 Å². The van der Waals surface area contributed by atoms with Crippen LogP contribution in [0, 0.1) is 3.57 Å². The van der Waals surface area contributed by atoms with Gasteiger partial charge in [-0.3, -0.25) is 0 Å². The average Bonchev–Trinajstić information content (AvgIpc) is 2.47. The van der Waals surface area contributed by atoms with Crippen molar-refractivity contribution in [2.24, 2.45) is 0 Å². The number of hydrogen-bond donors (Lipinski definition) is 1. The molecule has 0 aliphatic heterocycles. The molecule has 4 heteroatoms. The summed E-state index contributed by atoms with van der Waals surface area (Å²) in [4.78, 5) is 0. The first kappa shape index (κ1) is 9.71. The number of thiophene rings is 1. The van der Waals surface area contributed by atoms with Crippen LogP contribution < -0.4 is 0 Å². The normalized spacial score (nSPS) is 11.0. The van der Waals surface area contributed by atoms with E-state index in [0.717, 1.165) is 19.5 Å². The lowest BCUT2D eigenvalue weighted by Gasteiger charge is -1.97. The van der Waals surface area contributed by atoms with Crippen LogP contribution in [-0.2, 0) is 6.61 Å². The molecule has 0 saturated heterocycles. The third-order valence-electron chi connectivity index (χ3n) is 1.84. The Morgan fingerprint density at radius 3 is 2.92 bits per heavy atom. The van der Waals surface area contributed by atoms with Crippen molar-refractivity contribution in [1.82, 2.24) is 0 Å². The summed E-state index contributed by atoms with van der Waals surface area (Å²) in [5.74, 6) is 0. The van der Waals surface area contributed by atoms with Crippen LogP contribution in [0.2, 0.25) is 5.02 Å². The van der Waals surface area contributed by atoms with E-state index in [1.165, 1.54) is 4.70 Å². The molecule has 0 atom stereocenters. The standard InChI is InChI=1S/C9H6ClIOS/c10-6-1-7-5(3-12)4-13-9(7)8(11)2-6/h1-2,4,12H,3H2. The Hall–Kier alpha value is 0.160. The summed E-state index contributed by atoms with van der Waals surface area (Å²) < 4.78 is 2.35. The predicted octanol–water partition coefficient (Wildman–Crippen LogP) is 3.65. The maximum Gasteiger partial charge on any atom is 0.0696 e. The Morgan fingerprint density at radius 2 is 2.23 bits per heavy atom. The molecule has 2 rings (SSSR count). The maximum absolute atomic E-state index is 9.07. The van der Waals surface area contributed by atoms with Gasteiger partial charge in [-0.1, -0.05) is 11.6 Å². The second-order valence-corrected chi connectivity index (χ2v) is 5.16. The van der Waals surface area contributed by atoms with Gasteiger partial charge in [0.15, 0.2) is 0 Å².